The Balaban J connectivity index is 0.998. The SMILES string of the molecule is c1c(N(c2ccccc2)c2ccccc2C2=CC=CCC2)cc2cc3c(cc2c#1)c1cc(-c2ccccc2)cc2c4cc5ccc(N(c6ccccc6)c6ccccc6-c6ccccc6)cc5cc4n3c12. The third-order valence-electron chi connectivity index (χ3n) is 14.5. The van der Waals surface area contributed by atoms with Crippen molar-refractivity contribution in [2.75, 3.05) is 9.80 Å². The summed E-state index contributed by atoms with van der Waals surface area (Å²) < 4.78 is 2.53. The number of rotatable bonds is 9. The van der Waals surface area contributed by atoms with Crippen LogP contribution in [0.3, 0.4) is 0 Å². The maximum Gasteiger partial charge on any atom is 0.0980 e. The van der Waals surface area contributed by atoms with Gasteiger partial charge in [0, 0.05) is 55.1 Å². The van der Waals surface area contributed by atoms with Crippen molar-refractivity contribution in [1.82, 2.24) is 4.40 Å². The van der Waals surface area contributed by atoms with Gasteiger partial charge in [-0.15, -0.1) is 0 Å². The van der Waals surface area contributed by atoms with E-state index in [4.69, 9.17) is 0 Å². The number of benzene rings is 10. The number of hydrogen-bond acceptors (Lipinski definition) is 2. The first-order chi connectivity index (χ1) is 35.2. The molecule has 0 aliphatic heterocycles. The first-order valence-electron chi connectivity index (χ1n) is 24.6. The molecule has 1 aliphatic carbocycles. The number of anilines is 6. The molecule has 0 N–H and O–H groups in total. The summed E-state index contributed by atoms with van der Waals surface area (Å²) in [6.07, 6.45) is 8.75. The van der Waals surface area contributed by atoms with E-state index in [2.05, 4.69) is 275 Å². The molecule has 0 saturated heterocycles. The number of allylic oxidation sites excluding steroid dienone is 4. The van der Waals surface area contributed by atoms with Crippen molar-refractivity contribution in [3.63, 3.8) is 0 Å². The first-order valence-corrected chi connectivity index (χ1v) is 24.6. The van der Waals surface area contributed by atoms with E-state index in [9.17, 15) is 0 Å². The molecule has 3 heteroatoms. The normalized spacial score (nSPS) is 12.6. The molecular formula is C68H45N3. The van der Waals surface area contributed by atoms with E-state index >= 15 is 0 Å². The molecule has 2 heterocycles. The molecule has 3 nitrogen and oxygen atoms in total. The summed E-state index contributed by atoms with van der Waals surface area (Å²) in [5.74, 6) is 0. The van der Waals surface area contributed by atoms with Crippen LogP contribution in [0.15, 0.2) is 249 Å². The molecule has 1 aliphatic rings. The van der Waals surface area contributed by atoms with Gasteiger partial charge in [0.1, 0.15) is 0 Å². The van der Waals surface area contributed by atoms with Crippen molar-refractivity contribution in [3.05, 3.63) is 266 Å². The summed E-state index contributed by atoms with van der Waals surface area (Å²) >= 11 is 0. The molecule has 0 fully saturated rings. The third-order valence-corrected chi connectivity index (χ3v) is 14.5. The minimum Gasteiger partial charge on any atom is -0.310 e. The molecule has 0 bridgehead atoms. The molecule has 71 heavy (non-hydrogen) atoms. The van der Waals surface area contributed by atoms with Crippen LogP contribution in [0.5, 0.6) is 0 Å². The fraction of sp³-hybridized carbons (Fsp3) is 0.0294. The van der Waals surface area contributed by atoms with Gasteiger partial charge < -0.3 is 14.2 Å². The van der Waals surface area contributed by atoms with Crippen LogP contribution in [0.25, 0.3) is 87.5 Å². The monoisotopic (exact) mass is 903 g/mol. The fourth-order valence-electron chi connectivity index (χ4n) is 11.2. The lowest BCUT2D eigenvalue weighted by Gasteiger charge is -2.28. The summed E-state index contributed by atoms with van der Waals surface area (Å²) in [5, 5.41) is 9.46. The zero-order valence-electron chi connectivity index (χ0n) is 38.9. The Hall–Kier alpha value is -9.36. The standard InChI is InChI=1S/C68H45N3/c1-6-20-46(21-7-1)53-42-62-60-40-49-34-36-56(69(54-26-12-4-13-27-54)64-32-18-16-30-58(64)47-22-8-2-9-23-47)38-51(49)44-66(60)71-67-45-52-39-57(37-35-50(52)41-61(67)63(43-53)68(62)71)70(55-28-14-5-15-29-55)65-33-19-17-31-59(65)48-24-10-3-11-25-48/h1-10,12-24,26-34,36,38-45H,11,25H2. The van der Waals surface area contributed by atoms with Gasteiger partial charge in [-0.3, -0.25) is 0 Å². The van der Waals surface area contributed by atoms with Crippen LogP contribution in [0.2, 0.25) is 0 Å². The average molecular weight is 904 g/mol. The van der Waals surface area contributed by atoms with Crippen molar-refractivity contribution >= 4 is 99.3 Å². The van der Waals surface area contributed by atoms with Gasteiger partial charge in [-0.25, -0.2) is 0 Å². The second-order valence-corrected chi connectivity index (χ2v) is 18.7. The van der Waals surface area contributed by atoms with Crippen LogP contribution < -0.4 is 9.80 Å². The third kappa shape index (κ3) is 6.84. The highest BCUT2D eigenvalue weighted by Crippen LogP contribution is 2.47. The van der Waals surface area contributed by atoms with Crippen molar-refractivity contribution in [2.24, 2.45) is 0 Å². The number of aromatic nitrogens is 1. The quantitative estimate of drug-likeness (QED) is 0.143. The predicted octanol–water partition coefficient (Wildman–Crippen LogP) is 18.8. The van der Waals surface area contributed by atoms with Crippen LogP contribution in [0.4, 0.5) is 34.1 Å². The van der Waals surface area contributed by atoms with Gasteiger partial charge in [0.05, 0.1) is 33.6 Å². The molecule has 13 aromatic rings. The summed E-state index contributed by atoms with van der Waals surface area (Å²) in [6.45, 7) is 0. The van der Waals surface area contributed by atoms with E-state index in [1.54, 1.807) is 0 Å². The molecule has 14 rings (SSSR count). The highest BCUT2D eigenvalue weighted by Gasteiger charge is 2.24. The average Bonchev–Trinajstić information content (AvgIpc) is 3.94. The highest BCUT2D eigenvalue weighted by atomic mass is 15.1. The van der Waals surface area contributed by atoms with Gasteiger partial charge in [0.2, 0.25) is 0 Å². The Morgan fingerprint density at radius 2 is 0.986 bits per heavy atom. The summed E-state index contributed by atoms with van der Waals surface area (Å²) in [4.78, 5) is 4.75. The minimum absolute atomic E-state index is 0.947. The predicted molar refractivity (Wildman–Crippen MR) is 300 cm³/mol. The number of fused-ring (bicyclic) bond motifs is 8. The highest BCUT2D eigenvalue weighted by molar-refractivity contribution is 6.27. The molecule has 0 radical (unpaired) electrons. The number of para-hydroxylation sites is 4. The van der Waals surface area contributed by atoms with E-state index in [0.29, 0.717) is 0 Å². The number of hydrogen-bond donors (Lipinski definition) is 0. The Kier molecular flexibility index (Phi) is 9.57. The minimum atomic E-state index is 0.947. The van der Waals surface area contributed by atoms with Gasteiger partial charge in [-0.05, 0) is 148 Å². The lowest BCUT2D eigenvalue weighted by Crippen LogP contribution is -2.12. The second kappa shape index (κ2) is 16.7. The topological polar surface area (TPSA) is 10.9 Å². The maximum absolute atomic E-state index is 3.68. The van der Waals surface area contributed by atoms with Gasteiger partial charge in [0.25, 0.3) is 0 Å². The van der Waals surface area contributed by atoms with E-state index in [0.717, 1.165) is 57.7 Å². The Bertz CT molecular complexity index is 4210. The van der Waals surface area contributed by atoms with Crippen molar-refractivity contribution in [3.8, 4) is 22.3 Å². The molecule has 11 aromatic carbocycles. The van der Waals surface area contributed by atoms with Crippen molar-refractivity contribution < 1.29 is 0 Å². The molecule has 0 unspecified atom stereocenters. The largest absolute Gasteiger partial charge is 0.310 e. The molecule has 0 spiro atoms. The van der Waals surface area contributed by atoms with Gasteiger partial charge in [-0.1, -0.05) is 164 Å². The number of nitrogens with zero attached hydrogens (tertiary/aromatic N) is 3. The summed E-state index contributed by atoms with van der Waals surface area (Å²) in [6, 6.07) is 91.4. The molecule has 0 amide bonds. The van der Waals surface area contributed by atoms with Crippen LogP contribution >= 0.6 is 0 Å². The molecule has 0 saturated carbocycles. The van der Waals surface area contributed by atoms with Crippen LogP contribution in [-0.4, -0.2) is 4.40 Å². The zero-order chi connectivity index (χ0) is 46.8. The molecular weight excluding hydrogens is 859 g/mol. The van der Waals surface area contributed by atoms with Crippen molar-refractivity contribution in [1.29, 1.82) is 0 Å². The van der Waals surface area contributed by atoms with E-state index in [1.807, 2.05) is 0 Å². The summed E-state index contributed by atoms with van der Waals surface area (Å²) in [5.41, 5.74) is 17.4. The van der Waals surface area contributed by atoms with Gasteiger partial charge >= 0.3 is 0 Å². The van der Waals surface area contributed by atoms with Crippen LogP contribution in [-0.2, 0) is 0 Å². The van der Waals surface area contributed by atoms with E-state index < -0.39 is 0 Å². The van der Waals surface area contributed by atoms with Gasteiger partial charge in [-0.2, -0.15) is 0 Å². The van der Waals surface area contributed by atoms with Gasteiger partial charge in [0.15, 0.2) is 0 Å². The van der Waals surface area contributed by atoms with E-state index in [1.165, 1.54) is 82.3 Å². The maximum atomic E-state index is 3.68. The molecule has 0 atom stereocenters. The summed E-state index contributed by atoms with van der Waals surface area (Å²) in [7, 11) is 0. The lowest BCUT2D eigenvalue weighted by molar-refractivity contribution is 1.05. The Labute approximate surface area is 413 Å². The second-order valence-electron chi connectivity index (χ2n) is 18.7. The molecule has 332 valence electrons. The van der Waals surface area contributed by atoms with E-state index in [-0.39, 0.29) is 0 Å². The zero-order valence-corrected chi connectivity index (χ0v) is 38.9. The lowest BCUT2D eigenvalue weighted by atomic mass is 9.95. The van der Waals surface area contributed by atoms with Crippen molar-refractivity contribution in [2.45, 2.75) is 12.8 Å². The Morgan fingerprint density at radius 1 is 0.394 bits per heavy atom. The molecule has 2 aromatic heterocycles. The van der Waals surface area contributed by atoms with Crippen LogP contribution in [0, 0.1) is 12.1 Å². The smallest absolute Gasteiger partial charge is 0.0980 e. The first kappa shape index (κ1) is 40.7. The van der Waals surface area contributed by atoms with Crippen LogP contribution in [0.1, 0.15) is 18.4 Å². The Morgan fingerprint density at radius 3 is 1.68 bits per heavy atom. The fourth-order valence-corrected chi connectivity index (χ4v) is 11.2.